The molecule has 0 saturated heterocycles. The van der Waals surface area contributed by atoms with E-state index in [4.69, 9.17) is 10.3 Å². The van der Waals surface area contributed by atoms with E-state index in [-0.39, 0.29) is 0 Å². The highest BCUT2D eigenvalue weighted by Crippen LogP contribution is 2.23. The minimum Gasteiger partial charge on any atom is -0.455 e. The molecule has 1 aromatic carbocycles. The quantitative estimate of drug-likeness (QED) is 0.423. The molecule has 112 valence electrons. The van der Waals surface area contributed by atoms with Crippen LogP contribution in [0, 0.1) is 6.92 Å². The zero-order chi connectivity index (χ0) is 15.5. The second kappa shape index (κ2) is 6.02. The van der Waals surface area contributed by atoms with Gasteiger partial charge >= 0.3 is 0 Å². The van der Waals surface area contributed by atoms with E-state index in [0.29, 0.717) is 17.5 Å². The lowest BCUT2D eigenvalue weighted by Gasteiger charge is -1.98. The van der Waals surface area contributed by atoms with Gasteiger partial charge < -0.3 is 10.3 Å². The molecule has 7 nitrogen and oxygen atoms in total. The number of aryl methyl sites for hydroxylation is 1. The van der Waals surface area contributed by atoms with Gasteiger partial charge in [0.2, 0.25) is 0 Å². The van der Waals surface area contributed by atoms with Gasteiger partial charge in [0.05, 0.1) is 6.21 Å². The predicted molar refractivity (Wildman–Crippen MR) is 88.0 cm³/mol. The molecule has 3 N–H and O–H groups in total. The van der Waals surface area contributed by atoms with Crippen molar-refractivity contribution in [3.63, 3.8) is 0 Å². The number of halogens is 1. The number of hydrogen-bond acceptors (Lipinski definition) is 6. The lowest BCUT2D eigenvalue weighted by Crippen LogP contribution is -2.13. The number of nitrogens with one attached hydrogen (secondary N) is 1. The summed E-state index contributed by atoms with van der Waals surface area (Å²) in [6.45, 7) is 1.75. The van der Waals surface area contributed by atoms with Crippen molar-refractivity contribution >= 4 is 28.1 Å². The summed E-state index contributed by atoms with van der Waals surface area (Å²) in [7, 11) is 0. The Bertz CT molecular complexity index is 805. The molecule has 0 aliphatic rings. The average molecular weight is 361 g/mol. The summed E-state index contributed by atoms with van der Waals surface area (Å²) in [5.74, 6) is 8.03. The van der Waals surface area contributed by atoms with Crippen LogP contribution in [-0.4, -0.2) is 21.1 Å². The van der Waals surface area contributed by atoms with Gasteiger partial charge in [0.15, 0.2) is 5.82 Å². The fourth-order valence-corrected chi connectivity index (χ4v) is 2.06. The van der Waals surface area contributed by atoms with E-state index < -0.39 is 0 Å². The molecule has 3 rings (SSSR count). The SMILES string of the molecule is Cc1nnc(N/N=C/c2ccc(-c3ccc(Br)cc3)o2)n1N. The molecule has 2 heterocycles. The maximum absolute atomic E-state index is 5.70. The standard InChI is InChI=1S/C14H13BrN6O/c1-9-18-20-14(21(9)16)19-17-8-12-6-7-13(22-12)10-2-4-11(15)5-3-10/h2-8H,16H2,1H3,(H,19,20)/b17-8+. The lowest BCUT2D eigenvalue weighted by atomic mass is 10.2. The van der Waals surface area contributed by atoms with Crippen LogP contribution in [0.3, 0.4) is 0 Å². The molecule has 2 aromatic heterocycles. The maximum atomic E-state index is 5.70. The highest BCUT2D eigenvalue weighted by molar-refractivity contribution is 9.10. The number of nitrogens with zero attached hydrogens (tertiary/aromatic N) is 4. The Labute approximate surface area is 134 Å². The van der Waals surface area contributed by atoms with E-state index in [1.807, 2.05) is 36.4 Å². The highest BCUT2D eigenvalue weighted by Gasteiger charge is 2.05. The van der Waals surface area contributed by atoms with E-state index in [9.17, 15) is 0 Å². The molecule has 0 radical (unpaired) electrons. The van der Waals surface area contributed by atoms with Crippen molar-refractivity contribution in [1.82, 2.24) is 14.9 Å². The van der Waals surface area contributed by atoms with Gasteiger partial charge in [0.1, 0.15) is 11.5 Å². The van der Waals surface area contributed by atoms with Crippen molar-refractivity contribution in [3.05, 3.63) is 52.5 Å². The number of hydrogen-bond donors (Lipinski definition) is 2. The van der Waals surface area contributed by atoms with Crippen LogP contribution in [0.4, 0.5) is 5.95 Å². The van der Waals surface area contributed by atoms with Crippen LogP contribution >= 0.6 is 15.9 Å². The number of nitrogen functional groups attached to an aromatic ring is 1. The summed E-state index contributed by atoms with van der Waals surface area (Å²) in [4.78, 5) is 0. The van der Waals surface area contributed by atoms with Crippen molar-refractivity contribution < 1.29 is 4.42 Å². The number of furan rings is 1. The van der Waals surface area contributed by atoms with Gasteiger partial charge in [-0.1, -0.05) is 28.1 Å². The van der Waals surface area contributed by atoms with Crippen LogP contribution < -0.4 is 11.3 Å². The summed E-state index contributed by atoms with van der Waals surface area (Å²) in [6, 6.07) is 11.6. The van der Waals surface area contributed by atoms with Crippen LogP contribution in [0.15, 0.2) is 50.4 Å². The zero-order valence-electron chi connectivity index (χ0n) is 11.7. The van der Waals surface area contributed by atoms with Gasteiger partial charge in [-0.05, 0) is 31.2 Å². The van der Waals surface area contributed by atoms with Crippen LogP contribution in [0.25, 0.3) is 11.3 Å². The number of nitrogens with two attached hydrogens (primary N) is 1. The molecular formula is C14H13BrN6O. The third-order valence-electron chi connectivity index (χ3n) is 2.98. The summed E-state index contributed by atoms with van der Waals surface area (Å²) < 4.78 is 8.04. The lowest BCUT2D eigenvalue weighted by molar-refractivity contribution is 0.575. The Morgan fingerprint density at radius 2 is 2.00 bits per heavy atom. The van der Waals surface area contributed by atoms with E-state index in [1.165, 1.54) is 4.68 Å². The van der Waals surface area contributed by atoms with Gasteiger partial charge in [-0.25, -0.2) is 10.1 Å². The van der Waals surface area contributed by atoms with Gasteiger partial charge in [-0.3, -0.25) is 0 Å². The van der Waals surface area contributed by atoms with Crippen LogP contribution in [0.5, 0.6) is 0 Å². The minimum absolute atomic E-state index is 0.355. The second-order valence-electron chi connectivity index (χ2n) is 4.52. The second-order valence-corrected chi connectivity index (χ2v) is 5.44. The molecule has 0 aliphatic carbocycles. The molecular weight excluding hydrogens is 348 g/mol. The molecule has 22 heavy (non-hydrogen) atoms. The van der Waals surface area contributed by atoms with Crippen LogP contribution in [0.1, 0.15) is 11.6 Å². The van der Waals surface area contributed by atoms with Crippen molar-refractivity contribution in [1.29, 1.82) is 0 Å². The highest BCUT2D eigenvalue weighted by atomic mass is 79.9. The van der Waals surface area contributed by atoms with Crippen molar-refractivity contribution in [2.45, 2.75) is 6.92 Å². The molecule has 0 atom stereocenters. The van der Waals surface area contributed by atoms with Crippen molar-refractivity contribution in [2.75, 3.05) is 11.3 Å². The number of anilines is 1. The third kappa shape index (κ3) is 3.01. The molecule has 0 unspecified atom stereocenters. The summed E-state index contributed by atoms with van der Waals surface area (Å²) >= 11 is 3.40. The zero-order valence-corrected chi connectivity index (χ0v) is 13.3. The van der Waals surface area contributed by atoms with Crippen LogP contribution in [-0.2, 0) is 0 Å². The minimum atomic E-state index is 0.355. The first kappa shape index (κ1) is 14.3. The Morgan fingerprint density at radius 3 is 2.68 bits per heavy atom. The molecule has 0 fully saturated rings. The molecule has 3 aromatic rings. The topological polar surface area (TPSA) is 94.3 Å². The van der Waals surface area contributed by atoms with Crippen molar-refractivity contribution in [2.24, 2.45) is 5.10 Å². The van der Waals surface area contributed by atoms with E-state index in [2.05, 4.69) is 36.7 Å². The number of aromatic nitrogens is 3. The number of benzene rings is 1. The smallest absolute Gasteiger partial charge is 0.263 e. The monoisotopic (exact) mass is 360 g/mol. The molecule has 8 heteroatoms. The molecule has 0 aliphatic heterocycles. The molecule has 0 saturated carbocycles. The first-order chi connectivity index (χ1) is 10.6. The van der Waals surface area contributed by atoms with Gasteiger partial charge in [-0.2, -0.15) is 5.10 Å². The molecule has 0 amide bonds. The Kier molecular flexibility index (Phi) is 3.92. The first-order valence-electron chi connectivity index (χ1n) is 6.45. The average Bonchev–Trinajstić information content (AvgIpc) is 3.10. The summed E-state index contributed by atoms with van der Waals surface area (Å²) in [6.07, 6.45) is 1.55. The summed E-state index contributed by atoms with van der Waals surface area (Å²) in [5.41, 5.74) is 3.70. The normalized spacial score (nSPS) is 11.2. The third-order valence-corrected chi connectivity index (χ3v) is 3.51. The van der Waals surface area contributed by atoms with E-state index in [1.54, 1.807) is 13.1 Å². The van der Waals surface area contributed by atoms with Gasteiger partial charge in [-0.15, -0.1) is 10.2 Å². The first-order valence-corrected chi connectivity index (χ1v) is 7.25. The largest absolute Gasteiger partial charge is 0.455 e. The molecule has 0 bridgehead atoms. The summed E-state index contributed by atoms with van der Waals surface area (Å²) in [5, 5.41) is 11.7. The number of rotatable bonds is 4. The van der Waals surface area contributed by atoms with E-state index >= 15 is 0 Å². The number of hydrazone groups is 1. The fourth-order valence-electron chi connectivity index (χ4n) is 1.79. The van der Waals surface area contributed by atoms with Crippen LogP contribution in [0.2, 0.25) is 0 Å². The Hall–Kier alpha value is -2.61. The van der Waals surface area contributed by atoms with Gasteiger partial charge in [0.25, 0.3) is 5.95 Å². The predicted octanol–water partition coefficient (Wildman–Crippen LogP) is 2.77. The fraction of sp³-hybridized carbons (Fsp3) is 0.0714. The van der Waals surface area contributed by atoms with E-state index in [0.717, 1.165) is 15.8 Å². The Morgan fingerprint density at radius 1 is 1.23 bits per heavy atom. The Balaban J connectivity index is 1.70. The maximum Gasteiger partial charge on any atom is 0.263 e. The van der Waals surface area contributed by atoms with Gasteiger partial charge in [0, 0.05) is 10.0 Å². The van der Waals surface area contributed by atoms with Crippen molar-refractivity contribution in [3.8, 4) is 11.3 Å². The molecule has 0 spiro atoms.